The van der Waals surface area contributed by atoms with Crippen LogP contribution in [-0.2, 0) is 6.54 Å². The van der Waals surface area contributed by atoms with Crippen LogP contribution >= 0.6 is 11.5 Å². The molecule has 0 fully saturated rings. The van der Waals surface area contributed by atoms with Crippen molar-refractivity contribution in [3.05, 3.63) is 11.1 Å². The first-order valence-electron chi connectivity index (χ1n) is 2.82. The second-order valence-corrected chi connectivity index (χ2v) is 2.36. The molecular weight excluding hydrogens is 134 g/mol. The Labute approximate surface area is 57.9 Å². The van der Waals surface area contributed by atoms with E-state index in [9.17, 15) is 0 Å². The van der Waals surface area contributed by atoms with Crippen LogP contribution in [0.25, 0.3) is 0 Å². The van der Waals surface area contributed by atoms with Crippen LogP contribution in [0.5, 0.6) is 0 Å². The quantitative estimate of drug-likeness (QED) is 0.563. The van der Waals surface area contributed by atoms with Gasteiger partial charge in [0, 0.05) is 25.1 Å². The molecule has 0 atom stereocenters. The lowest BCUT2D eigenvalue weighted by Gasteiger charge is -1.89. The fraction of sp³-hybridized carbons (Fsp3) is 0.600. The first kappa shape index (κ1) is 6.48. The van der Waals surface area contributed by atoms with Crippen LogP contribution in [0.15, 0.2) is 11.3 Å². The minimum Gasteiger partial charge on any atom is -0.307 e. The SMILES string of the molecule is CCn1cnsc1=NC. The van der Waals surface area contributed by atoms with Gasteiger partial charge in [-0.3, -0.25) is 4.99 Å². The highest BCUT2D eigenvalue weighted by molar-refractivity contribution is 7.02. The molecule has 50 valence electrons. The molecule has 0 unspecified atom stereocenters. The Balaban J connectivity index is 3.14. The maximum absolute atomic E-state index is 4.02. The topological polar surface area (TPSA) is 30.2 Å². The molecule has 0 aliphatic rings. The molecule has 1 aromatic rings. The molecule has 0 amide bonds. The van der Waals surface area contributed by atoms with E-state index in [-0.39, 0.29) is 0 Å². The Bertz CT molecular complexity index is 234. The fourth-order valence-corrected chi connectivity index (χ4v) is 1.23. The highest BCUT2D eigenvalue weighted by Gasteiger charge is 1.88. The van der Waals surface area contributed by atoms with Crippen molar-refractivity contribution >= 4 is 11.5 Å². The normalized spacial score (nSPS) is 12.4. The van der Waals surface area contributed by atoms with Crippen LogP contribution < -0.4 is 4.80 Å². The lowest BCUT2D eigenvalue weighted by Crippen LogP contribution is -2.11. The van der Waals surface area contributed by atoms with Crippen molar-refractivity contribution in [1.82, 2.24) is 8.94 Å². The van der Waals surface area contributed by atoms with Crippen molar-refractivity contribution < 1.29 is 0 Å². The molecule has 1 rings (SSSR count). The van der Waals surface area contributed by atoms with E-state index >= 15 is 0 Å². The molecule has 0 N–H and O–H groups in total. The third-order valence-electron chi connectivity index (χ3n) is 1.10. The van der Waals surface area contributed by atoms with E-state index in [0.717, 1.165) is 11.3 Å². The second kappa shape index (κ2) is 2.77. The summed E-state index contributed by atoms with van der Waals surface area (Å²) in [5.74, 6) is 0. The summed E-state index contributed by atoms with van der Waals surface area (Å²) in [4.78, 5) is 5.00. The third-order valence-corrected chi connectivity index (χ3v) is 1.88. The highest BCUT2D eigenvalue weighted by atomic mass is 32.1. The van der Waals surface area contributed by atoms with Gasteiger partial charge in [0.2, 0.25) is 4.80 Å². The molecule has 1 aromatic heterocycles. The van der Waals surface area contributed by atoms with Gasteiger partial charge < -0.3 is 4.57 Å². The molecule has 0 aliphatic heterocycles. The monoisotopic (exact) mass is 143 g/mol. The maximum Gasteiger partial charge on any atom is 0.203 e. The van der Waals surface area contributed by atoms with E-state index in [2.05, 4.69) is 16.3 Å². The van der Waals surface area contributed by atoms with Gasteiger partial charge in [0.15, 0.2) is 0 Å². The Morgan fingerprint density at radius 2 is 2.67 bits per heavy atom. The van der Waals surface area contributed by atoms with Crippen LogP contribution in [0.1, 0.15) is 6.92 Å². The predicted molar refractivity (Wildman–Crippen MR) is 37.3 cm³/mol. The standard InChI is InChI=1S/C5H9N3S/c1-3-8-4-7-9-5(8)6-2/h4H,3H2,1-2H3. The molecule has 0 radical (unpaired) electrons. The molecule has 0 saturated carbocycles. The number of aryl methyl sites for hydroxylation is 1. The van der Waals surface area contributed by atoms with Gasteiger partial charge in [-0.05, 0) is 6.92 Å². The van der Waals surface area contributed by atoms with E-state index in [1.54, 1.807) is 13.4 Å². The lowest BCUT2D eigenvalue weighted by molar-refractivity contribution is 0.725. The molecule has 0 bridgehead atoms. The van der Waals surface area contributed by atoms with Crippen molar-refractivity contribution in [3.63, 3.8) is 0 Å². The number of aromatic nitrogens is 2. The van der Waals surface area contributed by atoms with Gasteiger partial charge in [-0.2, -0.15) is 4.37 Å². The molecule has 0 aromatic carbocycles. The van der Waals surface area contributed by atoms with Crippen molar-refractivity contribution in [2.75, 3.05) is 7.05 Å². The lowest BCUT2D eigenvalue weighted by atomic mass is 10.7. The van der Waals surface area contributed by atoms with Gasteiger partial charge in [0.1, 0.15) is 6.33 Å². The molecular formula is C5H9N3S. The minimum absolute atomic E-state index is 0.948. The zero-order valence-electron chi connectivity index (χ0n) is 5.53. The van der Waals surface area contributed by atoms with Gasteiger partial charge in [-0.15, -0.1) is 0 Å². The summed E-state index contributed by atoms with van der Waals surface area (Å²) in [6.07, 6.45) is 1.80. The van der Waals surface area contributed by atoms with Crippen LogP contribution in [-0.4, -0.2) is 16.0 Å². The van der Waals surface area contributed by atoms with Crippen molar-refractivity contribution in [2.45, 2.75) is 13.5 Å². The summed E-state index contributed by atoms with van der Waals surface area (Å²) in [7, 11) is 1.78. The molecule has 3 nitrogen and oxygen atoms in total. The Hall–Kier alpha value is -0.640. The van der Waals surface area contributed by atoms with E-state index in [0.29, 0.717) is 0 Å². The third kappa shape index (κ3) is 1.18. The van der Waals surface area contributed by atoms with Crippen LogP contribution in [0.2, 0.25) is 0 Å². The zero-order valence-corrected chi connectivity index (χ0v) is 6.35. The Kier molecular flexibility index (Phi) is 2.00. The maximum atomic E-state index is 4.02. The summed E-state index contributed by atoms with van der Waals surface area (Å²) in [6.45, 7) is 3.02. The van der Waals surface area contributed by atoms with Gasteiger partial charge in [-0.25, -0.2) is 0 Å². The Morgan fingerprint density at radius 1 is 1.89 bits per heavy atom. The van der Waals surface area contributed by atoms with Crippen LogP contribution in [0, 0.1) is 0 Å². The van der Waals surface area contributed by atoms with E-state index in [1.165, 1.54) is 11.5 Å². The van der Waals surface area contributed by atoms with Crippen LogP contribution in [0.4, 0.5) is 0 Å². The van der Waals surface area contributed by atoms with E-state index in [4.69, 9.17) is 0 Å². The summed E-state index contributed by atoms with van der Waals surface area (Å²) in [5, 5.41) is 0. The van der Waals surface area contributed by atoms with Gasteiger partial charge in [-0.1, -0.05) is 0 Å². The fourth-order valence-electron chi connectivity index (χ4n) is 0.616. The van der Waals surface area contributed by atoms with E-state index in [1.807, 2.05) is 4.57 Å². The largest absolute Gasteiger partial charge is 0.307 e. The van der Waals surface area contributed by atoms with E-state index < -0.39 is 0 Å². The van der Waals surface area contributed by atoms with Gasteiger partial charge in [0.05, 0.1) is 0 Å². The summed E-state index contributed by atoms with van der Waals surface area (Å²) in [5.41, 5.74) is 0. The summed E-state index contributed by atoms with van der Waals surface area (Å²) < 4.78 is 5.98. The van der Waals surface area contributed by atoms with Gasteiger partial charge >= 0.3 is 0 Å². The van der Waals surface area contributed by atoms with Crippen molar-refractivity contribution in [2.24, 2.45) is 4.99 Å². The van der Waals surface area contributed by atoms with Crippen LogP contribution in [0.3, 0.4) is 0 Å². The first-order valence-corrected chi connectivity index (χ1v) is 3.59. The zero-order chi connectivity index (χ0) is 6.69. The Morgan fingerprint density at radius 3 is 3.11 bits per heavy atom. The second-order valence-electron chi connectivity index (χ2n) is 1.60. The number of hydrogen-bond acceptors (Lipinski definition) is 3. The van der Waals surface area contributed by atoms with Gasteiger partial charge in [0.25, 0.3) is 0 Å². The summed E-state index contributed by atoms with van der Waals surface area (Å²) in [6, 6.07) is 0. The average molecular weight is 143 g/mol. The smallest absolute Gasteiger partial charge is 0.203 e. The summed E-state index contributed by atoms with van der Waals surface area (Å²) >= 11 is 1.42. The predicted octanol–water partition coefficient (Wildman–Crippen LogP) is 0.495. The van der Waals surface area contributed by atoms with Crippen molar-refractivity contribution in [3.8, 4) is 0 Å². The minimum atomic E-state index is 0.948. The molecule has 0 aliphatic carbocycles. The van der Waals surface area contributed by atoms with Crippen molar-refractivity contribution in [1.29, 1.82) is 0 Å². The number of hydrogen-bond donors (Lipinski definition) is 0. The average Bonchev–Trinajstić information content (AvgIpc) is 2.33. The number of rotatable bonds is 1. The molecule has 1 heterocycles. The molecule has 0 spiro atoms. The molecule has 9 heavy (non-hydrogen) atoms. The molecule has 0 saturated heterocycles. The highest BCUT2D eigenvalue weighted by Crippen LogP contribution is 1.81. The molecule has 4 heteroatoms. The number of nitrogens with zero attached hydrogens (tertiary/aromatic N) is 3. The first-order chi connectivity index (χ1) is 4.38.